The Morgan fingerprint density at radius 1 is 1.29 bits per heavy atom. The topological polar surface area (TPSA) is 52.3 Å². The minimum absolute atomic E-state index is 0.157. The maximum Gasteiger partial charge on any atom is 0.185 e. The lowest BCUT2D eigenvalue weighted by atomic mass is 9.83. The van der Waals surface area contributed by atoms with Crippen molar-refractivity contribution < 1.29 is 18.3 Å². The molecule has 0 unspecified atom stereocenters. The van der Waals surface area contributed by atoms with Gasteiger partial charge in [0, 0.05) is 19.3 Å². The first-order valence-electron chi connectivity index (χ1n) is 5.39. The van der Waals surface area contributed by atoms with Crippen molar-refractivity contribution in [3.8, 4) is 0 Å². The molecule has 0 atom stereocenters. The van der Waals surface area contributed by atoms with Crippen molar-refractivity contribution in [2.45, 2.75) is 18.4 Å². The molecular weight excluding hydrogens is 228 g/mol. The van der Waals surface area contributed by atoms with E-state index in [1.165, 1.54) is 0 Å². The van der Waals surface area contributed by atoms with Crippen LogP contribution in [0.1, 0.15) is 23.2 Å². The van der Waals surface area contributed by atoms with Gasteiger partial charge in [-0.25, -0.2) is 8.78 Å². The highest BCUT2D eigenvalue weighted by Gasteiger charge is 2.37. The van der Waals surface area contributed by atoms with Gasteiger partial charge in [0.25, 0.3) is 0 Å². The summed E-state index contributed by atoms with van der Waals surface area (Å²) in [6, 6.07) is 2.88. The van der Waals surface area contributed by atoms with E-state index in [4.69, 9.17) is 10.5 Å². The molecule has 0 aromatic heterocycles. The van der Waals surface area contributed by atoms with Gasteiger partial charge in [-0.2, -0.15) is 0 Å². The summed E-state index contributed by atoms with van der Waals surface area (Å²) in [5.74, 6) is -2.07. The van der Waals surface area contributed by atoms with E-state index in [9.17, 15) is 13.6 Å². The number of ketones is 1. The van der Waals surface area contributed by atoms with Crippen molar-refractivity contribution in [2.75, 3.05) is 13.2 Å². The van der Waals surface area contributed by atoms with E-state index in [0.29, 0.717) is 32.1 Å². The monoisotopic (exact) mass is 241 g/mol. The number of carbonyl (C=O) groups excluding carboxylic acids is 1. The SMILES string of the molecule is NC1(C(=O)c2ccc(F)cc2F)CCOCC1. The molecule has 0 radical (unpaired) electrons. The number of rotatable bonds is 2. The Morgan fingerprint density at radius 2 is 1.94 bits per heavy atom. The molecule has 0 bridgehead atoms. The van der Waals surface area contributed by atoms with Crippen molar-refractivity contribution in [1.29, 1.82) is 0 Å². The highest BCUT2D eigenvalue weighted by atomic mass is 19.1. The molecule has 92 valence electrons. The molecule has 3 nitrogen and oxygen atoms in total. The average Bonchev–Trinajstić information content (AvgIpc) is 2.29. The normalized spacial score (nSPS) is 19.0. The van der Waals surface area contributed by atoms with E-state index < -0.39 is 23.0 Å². The molecule has 1 aromatic rings. The Bertz CT molecular complexity index is 442. The van der Waals surface area contributed by atoms with Crippen molar-refractivity contribution >= 4 is 5.78 Å². The lowest BCUT2D eigenvalue weighted by Crippen LogP contribution is -2.52. The summed E-state index contributed by atoms with van der Waals surface area (Å²) in [5.41, 5.74) is 4.69. The zero-order valence-corrected chi connectivity index (χ0v) is 9.21. The Labute approximate surface area is 97.6 Å². The van der Waals surface area contributed by atoms with Gasteiger partial charge in [-0.15, -0.1) is 0 Å². The van der Waals surface area contributed by atoms with E-state index in [2.05, 4.69) is 0 Å². The van der Waals surface area contributed by atoms with Crippen LogP contribution in [0, 0.1) is 11.6 Å². The molecule has 1 aliphatic rings. The Hall–Kier alpha value is -1.33. The van der Waals surface area contributed by atoms with Crippen LogP contribution in [0.25, 0.3) is 0 Å². The van der Waals surface area contributed by atoms with Crippen LogP contribution in [0.2, 0.25) is 0 Å². The number of hydrogen-bond donors (Lipinski definition) is 1. The number of hydrogen-bond acceptors (Lipinski definition) is 3. The van der Waals surface area contributed by atoms with Crippen LogP contribution in [0.15, 0.2) is 18.2 Å². The maximum absolute atomic E-state index is 13.5. The molecule has 0 saturated carbocycles. The third kappa shape index (κ3) is 2.35. The van der Waals surface area contributed by atoms with Crippen LogP contribution < -0.4 is 5.73 Å². The van der Waals surface area contributed by atoms with Crippen LogP contribution in [0.4, 0.5) is 8.78 Å². The molecule has 1 saturated heterocycles. The van der Waals surface area contributed by atoms with Crippen LogP contribution in [-0.4, -0.2) is 24.5 Å². The van der Waals surface area contributed by atoms with Crippen LogP contribution >= 0.6 is 0 Å². The molecule has 1 heterocycles. The second-order valence-corrected chi connectivity index (χ2v) is 4.22. The lowest BCUT2D eigenvalue weighted by molar-refractivity contribution is 0.0445. The number of ether oxygens (including phenoxy) is 1. The molecule has 17 heavy (non-hydrogen) atoms. The van der Waals surface area contributed by atoms with Gasteiger partial charge in [0.2, 0.25) is 0 Å². The van der Waals surface area contributed by atoms with E-state index in [1.54, 1.807) is 0 Å². The lowest BCUT2D eigenvalue weighted by Gasteiger charge is -2.31. The predicted molar refractivity (Wildman–Crippen MR) is 57.7 cm³/mol. The van der Waals surface area contributed by atoms with Crippen molar-refractivity contribution in [2.24, 2.45) is 5.73 Å². The van der Waals surface area contributed by atoms with Crippen molar-refractivity contribution in [3.63, 3.8) is 0 Å². The number of nitrogens with two attached hydrogens (primary N) is 1. The summed E-state index contributed by atoms with van der Waals surface area (Å²) >= 11 is 0. The molecule has 0 aliphatic carbocycles. The molecule has 5 heteroatoms. The third-order valence-corrected chi connectivity index (χ3v) is 3.01. The average molecular weight is 241 g/mol. The highest BCUT2D eigenvalue weighted by Crippen LogP contribution is 2.24. The van der Waals surface area contributed by atoms with E-state index in [-0.39, 0.29) is 5.56 Å². The quantitative estimate of drug-likeness (QED) is 0.801. The standard InChI is InChI=1S/C12H13F2NO2/c13-8-1-2-9(10(14)7-8)11(16)12(15)3-5-17-6-4-12/h1-2,7H,3-6,15H2. The number of benzene rings is 1. The van der Waals surface area contributed by atoms with Crippen LogP contribution in [0.3, 0.4) is 0 Å². The highest BCUT2D eigenvalue weighted by molar-refractivity contribution is 6.03. The first kappa shape index (κ1) is 12.1. The fraction of sp³-hybridized carbons (Fsp3) is 0.417. The molecule has 2 rings (SSSR count). The molecule has 0 spiro atoms. The van der Waals surface area contributed by atoms with Crippen molar-refractivity contribution in [1.82, 2.24) is 0 Å². The fourth-order valence-electron chi connectivity index (χ4n) is 1.90. The number of carbonyl (C=O) groups is 1. The molecule has 0 amide bonds. The Kier molecular flexibility index (Phi) is 3.22. The fourth-order valence-corrected chi connectivity index (χ4v) is 1.90. The minimum atomic E-state index is -1.10. The van der Waals surface area contributed by atoms with Gasteiger partial charge in [0.05, 0.1) is 11.1 Å². The van der Waals surface area contributed by atoms with E-state index in [0.717, 1.165) is 12.1 Å². The van der Waals surface area contributed by atoms with Gasteiger partial charge in [-0.3, -0.25) is 4.79 Å². The van der Waals surface area contributed by atoms with E-state index >= 15 is 0 Å². The minimum Gasteiger partial charge on any atom is -0.381 e. The molecule has 1 aromatic carbocycles. The van der Waals surface area contributed by atoms with Gasteiger partial charge in [0.15, 0.2) is 5.78 Å². The molecular formula is C12H13F2NO2. The summed E-state index contributed by atoms with van der Waals surface area (Å²) in [6.45, 7) is 0.760. The first-order chi connectivity index (χ1) is 8.03. The van der Waals surface area contributed by atoms with E-state index in [1.807, 2.05) is 0 Å². The van der Waals surface area contributed by atoms with Crippen LogP contribution in [-0.2, 0) is 4.74 Å². The summed E-state index contributed by atoms with van der Waals surface area (Å²) < 4.78 is 31.3. The van der Waals surface area contributed by atoms with Gasteiger partial charge in [-0.05, 0) is 25.0 Å². The van der Waals surface area contributed by atoms with Gasteiger partial charge in [-0.1, -0.05) is 0 Å². The predicted octanol–water partition coefficient (Wildman–Crippen LogP) is 1.66. The van der Waals surface area contributed by atoms with Gasteiger partial charge in [0.1, 0.15) is 11.6 Å². The summed E-state index contributed by atoms with van der Waals surface area (Å²) in [6.07, 6.45) is 0.700. The van der Waals surface area contributed by atoms with Crippen molar-refractivity contribution in [3.05, 3.63) is 35.4 Å². The Morgan fingerprint density at radius 3 is 2.53 bits per heavy atom. The second kappa shape index (κ2) is 4.50. The second-order valence-electron chi connectivity index (χ2n) is 4.22. The molecule has 1 aliphatic heterocycles. The Balaban J connectivity index is 2.30. The first-order valence-corrected chi connectivity index (χ1v) is 5.39. The third-order valence-electron chi connectivity index (χ3n) is 3.01. The number of Topliss-reactive ketones (excluding diaryl/α,β-unsaturated/α-hetero) is 1. The largest absolute Gasteiger partial charge is 0.381 e. The van der Waals surface area contributed by atoms with Gasteiger partial charge < -0.3 is 10.5 Å². The molecule has 2 N–H and O–H groups in total. The zero-order valence-electron chi connectivity index (χ0n) is 9.21. The van der Waals surface area contributed by atoms with Crippen LogP contribution in [0.5, 0.6) is 0 Å². The summed E-state index contributed by atoms with van der Waals surface area (Å²) in [5, 5.41) is 0. The smallest absolute Gasteiger partial charge is 0.185 e. The summed E-state index contributed by atoms with van der Waals surface area (Å²) in [4.78, 5) is 12.1. The zero-order chi connectivity index (χ0) is 12.5. The maximum atomic E-state index is 13.5. The van der Waals surface area contributed by atoms with Gasteiger partial charge >= 0.3 is 0 Å². The summed E-state index contributed by atoms with van der Waals surface area (Å²) in [7, 11) is 0. The molecule has 1 fully saturated rings. The number of halogens is 2.